The van der Waals surface area contributed by atoms with Crippen molar-refractivity contribution in [3.8, 4) is 0 Å². The summed E-state index contributed by atoms with van der Waals surface area (Å²) in [5.74, 6) is 0. The normalized spacial score (nSPS) is 15.3. The molecule has 0 saturated carbocycles. The molecule has 1 heterocycles. The van der Waals surface area contributed by atoms with E-state index in [-0.39, 0.29) is 0 Å². The van der Waals surface area contributed by atoms with Gasteiger partial charge in [-0.15, -0.1) is 0 Å². The lowest BCUT2D eigenvalue weighted by molar-refractivity contribution is 0.563. The monoisotopic (exact) mass is 183 g/mol. The van der Waals surface area contributed by atoms with Crippen LogP contribution < -0.4 is 0 Å². The molecule has 0 fully saturated rings. The van der Waals surface area contributed by atoms with Gasteiger partial charge in [-0.1, -0.05) is 42.5 Å². The lowest BCUT2D eigenvalue weighted by Crippen LogP contribution is -2.10. The van der Waals surface area contributed by atoms with Crippen LogP contribution in [-0.2, 0) is 0 Å². The Bertz CT molecular complexity index is 360. The molecular formula is C13H13N. The van der Waals surface area contributed by atoms with Crippen LogP contribution in [0.1, 0.15) is 5.56 Å². The van der Waals surface area contributed by atoms with E-state index < -0.39 is 0 Å². The van der Waals surface area contributed by atoms with Gasteiger partial charge in [0.25, 0.3) is 0 Å². The van der Waals surface area contributed by atoms with Crippen LogP contribution in [0.4, 0.5) is 0 Å². The molecule has 0 N–H and O–H groups in total. The number of hydrogen-bond donors (Lipinski definition) is 0. The van der Waals surface area contributed by atoms with Crippen LogP contribution >= 0.6 is 0 Å². The first-order valence-electron chi connectivity index (χ1n) is 4.77. The fraction of sp³-hybridized carbons (Fsp3) is 0.0769. The van der Waals surface area contributed by atoms with E-state index >= 15 is 0 Å². The molecule has 1 aliphatic heterocycles. The standard InChI is InChI=1S/C13H13N/c1-3-7-13(8-4-1)9-12-14-10-5-2-6-11-14/h1-10,12H,11H2. The van der Waals surface area contributed by atoms with Crippen molar-refractivity contribution in [2.75, 3.05) is 6.54 Å². The molecule has 1 aliphatic rings. The van der Waals surface area contributed by atoms with Crippen LogP contribution in [0.3, 0.4) is 0 Å². The first kappa shape index (κ1) is 8.82. The zero-order valence-electron chi connectivity index (χ0n) is 8.01. The molecule has 0 atom stereocenters. The van der Waals surface area contributed by atoms with Crippen LogP contribution in [0.2, 0.25) is 0 Å². The van der Waals surface area contributed by atoms with Gasteiger partial charge in [-0.3, -0.25) is 0 Å². The van der Waals surface area contributed by atoms with Crippen molar-refractivity contribution in [1.82, 2.24) is 4.90 Å². The van der Waals surface area contributed by atoms with Crippen LogP contribution in [0.5, 0.6) is 0 Å². The highest BCUT2D eigenvalue weighted by atomic mass is 15.1. The van der Waals surface area contributed by atoms with E-state index in [9.17, 15) is 0 Å². The zero-order chi connectivity index (χ0) is 9.64. The molecule has 0 spiro atoms. The highest BCUT2D eigenvalue weighted by Crippen LogP contribution is 2.04. The third kappa shape index (κ3) is 2.36. The largest absolute Gasteiger partial charge is 0.350 e. The molecular weight excluding hydrogens is 170 g/mol. The Morgan fingerprint density at radius 2 is 1.93 bits per heavy atom. The SMILES string of the molecule is C1=CCN(C=Cc2ccccc2)C=C1. The second-order valence-corrected chi connectivity index (χ2v) is 3.19. The lowest BCUT2D eigenvalue weighted by Gasteiger charge is -2.14. The molecule has 0 aromatic heterocycles. The third-order valence-corrected chi connectivity index (χ3v) is 2.10. The van der Waals surface area contributed by atoms with E-state index in [1.807, 2.05) is 24.3 Å². The van der Waals surface area contributed by atoms with E-state index in [2.05, 4.69) is 47.7 Å². The molecule has 0 radical (unpaired) electrons. The number of benzene rings is 1. The number of nitrogens with zero attached hydrogens (tertiary/aromatic N) is 1. The zero-order valence-corrected chi connectivity index (χ0v) is 8.01. The summed E-state index contributed by atoms with van der Waals surface area (Å²) < 4.78 is 0. The molecule has 0 saturated heterocycles. The summed E-state index contributed by atoms with van der Waals surface area (Å²) >= 11 is 0. The summed E-state index contributed by atoms with van der Waals surface area (Å²) in [6, 6.07) is 10.3. The first-order chi connectivity index (χ1) is 6.95. The molecule has 0 unspecified atom stereocenters. The summed E-state index contributed by atoms with van der Waals surface area (Å²) in [6.45, 7) is 0.958. The van der Waals surface area contributed by atoms with Gasteiger partial charge >= 0.3 is 0 Å². The van der Waals surface area contributed by atoms with E-state index in [0.717, 1.165) is 6.54 Å². The highest BCUT2D eigenvalue weighted by Gasteiger charge is 1.92. The van der Waals surface area contributed by atoms with E-state index in [1.165, 1.54) is 5.56 Å². The molecule has 1 aromatic carbocycles. The minimum Gasteiger partial charge on any atom is -0.350 e. The Morgan fingerprint density at radius 3 is 2.64 bits per heavy atom. The van der Waals surface area contributed by atoms with Crippen molar-refractivity contribution in [3.05, 3.63) is 66.5 Å². The van der Waals surface area contributed by atoms with Gasteiger partial charge in [0.2, 0.25) is 0 Å². The van der Waals surface area contributed by atoms with Crippen molar-refractivity contribution in [3.63, 3.8) is 0 Å². The van der Waals surface area contributed by atoms with Gasteiger partial charge in [0.15, 0.2) is 0 Å². The molecule has 1 nitrogen and oxygen atoms in total. The van der Waals surface area contributed by atoms with E-state index in [1.54, 1.807) is 0 Å². The van der Waals surface area contributed by atoms with Crippen molar-refractivity contribution >= 4 is 6.08 Å². The van der Waals surface area contributed by atoms with Gasteiger partial charge < -0.3 is 4.90 Å². The molecule has 2 rings (SSSR count). The van der Waals surface area contributed by atoms with Crippen LogP contribution in [0, 0.1) is 0 Å². The van der Waals surface area contributed by atoms with Gasteiger partial charge in [-0.05, 0) is 17.7 Å². The molecule has 1 aromatic rings. The van der Waals surface area contributed by atoms with Crippen LogP contribution in [0.15, 0.2) is 61.0 Å². The Labute approximate surface area is 84.7 Å². The van der Waals surface area contributed by atoms with E-state index in [0.29, 0.717) is 0 Å². The topological polar surface area (TPSA) is 3.24 Å². The van der Waals surface area contributed by atoms with Crippen molar-refractivity contribution in [2.24, 2.45) is 0 Å². The Balaban J connectivity index is 2.01. The molecule has 0 amide bonds. The quantitative estimate of drug-likeness (QED) is 0.681. The van der Waals surface area contributed by atoms with Crippen molar-refractivity contribution < 1.29 is 0 Å². The third-order valence-electron chi connectivity index (χ3n) is 2.10. The van der Waals surface area contributed by atoms with Crippen LogP contribution in [-0.4, -0.2) is 11.4 Å². The molecule has 0 bridgehead atoms. The van der Waals surface area contributed by atoms with Gasteiger partial charge in [0.05, 0.1) is 0 Å². The Kier molecular flexibility index (Phi) is 2.82. The average molecular weight is 183 g/mol. The summed E-state index contributed by atoms with van der Waals surface area (Å²) in [6.07, 6.45) is 12.5. The number of hydrogen-bond acceptors (Lipinski definition) is 1. The van der Waals surface area contributed by atoms with Crippen LogP contribution in [0.25, 0.3) is 6.08 Å². The number of rotatable bonds is 2. The van der Waals surface area contributed by atoms with Gasteiger partial charge in [-0.2, -0.15) is 0 Å². The minimum atomic E-state index is 0.958. The Hall–Kier alpha value is -1.76. The van der Waals surface area contributed by atoms with E-state index in [4.69, 9.17) is 0 Å². The fourth-order valence-electron chi connectivity index (χ4n) is 1.34. The summed E-state index contributed by atoms with van der Waals surface area (Å²) in [5.41, 5.74) is 1.23. The highest BCUT2D eigenvalue weighted by molar-refractivity contribution is 5.48. The number of allylic oxidation sites excluding steroid dienone is 2. The smallest absolute Gasteiger partial charge is 0.0403 e. The molecule has 70 valence electrons. The predicted octanol–water partition coefficient (Wildman–Crippen LogP) is 3.04. The molecule has 1 heteroatoms. The maximum Gasteiger partial charge on any atom is 0.0403 e. The van der Waals surface area contributed by atoms with Crippen molar-refractivity contribution in [1.29, 1.82) is 0 Å². The van der Waals surface area contributed by atoms with Gasteiger partial charge in [-0.25, -0.2) is 0 Å². The minimum absolute atomic E-state index is 0.958. The second kappa shape index (κ2) is 4.47. The summed E-state index contributed by atoms with van der Waals surface area (Å²) in [7, 11) is 0. The van der Waals surface area contributed by atoms with Gasteiger partial charge in [0, 0.05) is 18.9 Å². The second-order valence-electron chi connectivity index (χ2n) is 3.19. The Morgan fingerprint density at radius 1 is 1.07 bits per heavy atom. The maximum absolute atomic E-state index is 2.15. The summed E-state index contributed by atoms with van der Waals surface area (Å²) in [5, 5.41) is 0. The van der Waals surface area contributed by atoms with Gasteiger partial charge in [0.1, 0.15) is 0 Å². The van der Waals surface area contributed by atoms with Crippen molar-refractivity contribution in [2.45, 2.75) is 0 Å². The lowest BCUT2D eigenvalue weighted by atomic mass is 10.2. The average Bonchev–Trinajstić information content (AvgIpc) is 2.29. The summed E-state index contributed by atoms with van der Waals surface area (Å²) in [4.78, 5) is 2.15. The molecule has 14 heavy (non-hydrogen) atoms. The fourth-order valence-corrected chi connectivity index (χ4v) is 1.34. The first-order valence-corrected chi connectivity index (χ1v) is 4.77. The maximum atomic E-state index is 2.15. The predicted molar refractivity (Wildman–Crippen MR) is 60.5 cm³/mol. The molecule has 0 aliphatic carbocycles.